The zero-order chi connectivity index (χ0) is 18.0. The third kappa shape index (κ3) is 3.37. The van der Waals surface area contributed by atoms with E-state index in [-0.39, 0.29) is 5.91 Å². The molecule has 0 radical (unpaired) electrons. The molecular weight excluding hydrogens is 308 g/mol. The van der Waals surface area contributed by atoms with Gasteiger partial charge in [-0.2, -0.15) is 0 Å². The lowest BCUT2D eigenvalue weighted by Gasteiger charge is -2.24. The number of hydrogen-bond acceptors (Lipinski definition) is 1. The van der Waals surface area contributed by atoms with Gasteiger partial charge >= 0.3 is 0 Å². The van der Waals surface area contributed by atoms with Crippen molar-refractivity contribution in [1.29, 1.82) is 0 Å². The van der Waals surface area contributed by atoms with Gasteiger partial charge in [0.2, 0.25) is 0 Å². The van der Waals surface area contributed by atoms with E-state index in [9.17, 15) is 4.79 Å². The molecule has 25 heavy (non-hydrogen) atoms. The summed E-state index contributed by atoms with van der Waals surface area (Å²) in [6.07, 6.45) is 7.53. The molecule has 0 saturated heterocycles. The third-order valence-corrected chi connectivity index (χ3v) is 5.79. The van der Waals surface area contributed by atoms with Gasteiger partial charge in [0.15, 0.2) is 0 Å². The fourth-order valence-electron chi connectivity index (χ4n) is 4.49. The second-order valence-electron chi connectivity index (χ2n) is 7.43. The Kier molecular flexibility index (Phi) is 5.31. The number of primary amides is 1. The standard InChI is InChI=1S/C22H30N2O/c1-4-19-21(18-13-9-8-10-15(18)2)20(22(23)25)16(3)24(19)14-17-11-6-5-7-12-17/h8-10,13,17H,4-7,11-12,14H2,1-3H3,(H2,23,25). The second kappa shape index (κ2) is 7.47. The van der Waals surface area contributed by atoms with Crippen LogP contribution in [0.1, 0.15) is 66.3 Å². The molecule has 0 spiro atoms. The van der Waals surface area contributed by atoms with Gasteiger partial charge in [0.1, 0.15) is 0 Å². The first-order valence-electron chi connectivity index (χ1n) is 9.62. The Hall–Kier alpha value is -2.03. The van der Waals surface area contributed by atoms with Crippen LogP contribution in [0.15, 0.2) is 24.3 Å². The predicted octanol–water partition coefficient (Wildman–Crippen LogP) is 5.01. The van der Waals surface area contributed by atoms with Crippen molar-refractivity contribution < 1.29 is 4.79 Å². The van der Waals surface area contributed by atoms with Crippen LogP contribution >= 0.6 is 0 Å². The quantitative estimate of drug-likeness (QED) is 0.818. The Morgan fingerprint density at radius 2 is 1.84 bits per heavy atom. The molecule has 3 heteroatoms. The highest BCUT2D eigenvalue weighted by Crippen LogP contribution is 2.36. The summed E-state index contributed by atoms with van der Waals surface area (Å²) >= 11 is 0. The van der Waals surface area contributed by atoms with Crippen LogP contribution < -0.4 is 5.73 Å². The van der Waals surface area contributed by atoms with Crippen molar-refractivity contribution in [2.45, 2.75) is 65.8 Å². The minimum absolute atomic E-state index is 0.312. The zero-order valence-electron chi connectivity index (χ0n) is 15.8. The number of benzene rings is 1. The topological polar surface area (TPSA) is 48.0 Å². The van der Waals surface area contributed by atoms with Crippen molar-refractivity contribution in [3.8, 4) is 11.1 Å². The highest BCUT2D eigenvalue weighted by molar-refractivity contribution is 6.02. The van der Waals surface area contributed by atoms with Crippen LogP contribution in [0.3, 0.4) is 0 Å². The fourth-order valence-corrected chi connectivity index (χ4v) is 4.49. The van der Waals surface area contributed by atoms with Crippen LogP contribution in [0.25, 0.3) is 11.1 Å². The second-order valence-corrected chi connectivity index (χ2v) is 7.43. The van der Waals surface area contributed by atoms with Gasteiger partial charge < -0.3 is 10.3 Å². The van der Waals surface area contributed by atoms with Crippen molar-refractivity contribution >= 4 is 5.91 Å². The molecule has 1 fully saturated rings. The Balaban J connectivity index is 2.15. The largest absolute Gasteiger partial charge is 0.366 e. The number of nitrogens with zero attached hydrogens (tertiary/aromatic N) is 1. The van der Waals surface area contributed by atoms with Crippen molar-refractivity contribution in [3.05, 3.63) is 46.8 Å². The van der Waals surface area contributed by atoms with E-state index < -0.39 is 0 Å². The van der Waals surface area contributed by atoms with E-state index in [4.69, 9.17) is 5.73 Å². The molecule has 0 atom stereocenters. The van der Waals surface area contributed by atoms with Crippen molar-refractivity contribution in [2.24, 2.45) is 11.7 Å². The predicted molar refractivity (Wildman–Crippen MR) is 104 cm³/mol. The molecule has 1 amide bonds. The average Bonchev–Trinajstić information content (AvgIpc) is 2.88. The van der Waals surface area contributed by atoms with Crippen molar-refractivity contribution in [2.75, 3.05) is 0 Å². The van der Waals surface area contributed by atoms with E-state index in [1.54, 1.807) is 0 Å². The normalized spacial score (nSPS) is 15.5. The average molecular weight is 338 g/mol. The van der Waals surface area contributed by atoms with E-state index in [0.29, 0.717) is 5.56 Å². The van der Waals surface area contributed by atoms with Gasteiger partial charge in [0.25, 0.3) is 5.91 Å². The summed E-state index contributed by atoms with van der Waals surface area (Å²) < 4.78 is 2.39. The van der Waals surface area contributed by atoms with Crippen LogP contribution in [0.4, 0.5) is 0 Å². The molecule has 2 aromatic rings. The lowest BCUT2D eigenvalue weighted by molar-refractivity contribution is 0.1000. The Bertz CT molecular complexity index is 767. The van der Waals surface area contributed by atoms with Crippen LogP contribution in [-0.4, -0.2) is 10.5 Å². The van der Waals surface area contributed by atoms with E-state index in [0.717, 1.165) is 35.7 Å². The number of aromatic nitrogens is 1. The molecule has 1 saturated carbocycles. The summed E-state index contributed by atoms with van der Waals surface area (Å²) in [6, 6.07) is 8.30. The number of carbonyl (C=O) groups excluding carboxylic acids is 1. The number of amides is 1. The zero-order valence-corrected chi connectivity index (χ0v) is 15.8. The highest BCUT2D eigenvalue weighted by atomic mass is 16.1. The molecule has 3 rings (SSSR count). The van der Waals surface area contributed by atoms with Crippen LogP contribution in [0.5, 0.6) is 0 Å². The summed E-state index contributed by atoms with van der Waals surface area (Å²) in [5.41, 5.74) is 12.2. The van der Waals surface area contributed by atoms with Gasteiger partial charge in [0.05, 0.1) is 5.56 Å². The highest BCUT2D eigenvalue weighted by Gasteiger charge is 2.26. The SMILES string of the molecule is CCc1c(-c2ccccc2C)c(C(N)=O)c(C)n1CC1CCCCC1. The maximum Gasteiger partial charge on any atom is 0.251 e. The van der Waals surface area contributed by atoms with Crippen LogP contribution in [-0.2, 0) is 13.0 Å². The summed E-state index contributed by atoms with van der Waals surface area (Å²) in [7, 11) is 0. The van der Waals surface area contributed by atoms with Gasteiger partial charge in [-0.05, 0) is 50.2 Å². The lowest BCUT2D eigenvalue weighted by Crippen LogP contribution is -2.17. The molecule has 1 heterocycles. The number of nitrogens with two attached hydrogens (primary N) is 1. The minimum atomic E-state index is -0.312. The third-order valence-electron chi connectivity index (χ3n) is 5.79. The monoisotopic (exact) mass is 338 g/mol. The molecule has 0 aliphatic heterocycles. The fraction of sp³-hybridized carbons (Fsp3) is 0.500. The molecule has 1 aromatic heterocycles. The summed E-state index contributed by atoms with van der Waals surface area (Å²) in [6.45, 7) is 7.36. The van der Waals surface area contributed by atoms with E-state index in [1.165, 1.54) is 43.4 Å². The van der Waals surface area contributed by atoms with Gasteiger partial charge in [-0.1, -0.05) is 50.5 Å². The van der Waals surface area contributed by atoms with Crippen molar-refractivity contribution in [1.82, 2.24) is 4.57 Å². The van der Waals surface area contributed by atoms with E-state index in [2.05, 4.69) is 37.5 Å². The Morgan fingerprint density at radius 3 is 2.44 bits per heavy atom. The first-order chi connectivity index (χ1) is 12.0. The maximum absolute atomic E-state index is 12.3. The van der Waals surface area contributed by atoms with Crippen molar-refractivity contribution in [3.63, 3.8) is 0 Å². The Labute approximate surface area is 151 Å². The van der Waals surface area contributed by atoms with Crippen LogP contribution in [0, 0.1) is 19.8 Å². The maximum atomic E-state index is 12.3. The molecule has 1 aromatic carbocycles. The summed E-state index contributed by atoms with van der Waals surface area (Å²) in [5, 5.41) is 0. The van der Waals surface area contributed by atoms with Gasteiger partial charge in [-0.15, -0.1) is 0 Å². The molecule has 3 nitrogen and oxygen atoms in total. The molecule has 134 valence electrons. The van der Waals surface area contributed by atoms with E-state index >= 15 is 0 Å². The number of aryl methyl sites for hydroxylation is 1. The number of carbonyl (C=O) groups is 1. The van der Waals surface area contributed by atoms with Crippen LogP contribution in [0.2, 0.25) is 0 Å². The molecular formula is C22H30N2O. The number of hydrogen-bond donors (Lipinski definition) is 1. The molecule has 1 aliphatic carbocycles. The minimum Gasteiger partial charge on any atom is -0.366 e. The van der Waals surface area contributed by atoms with Gasteiger partial charge in [0, 0.05) is 23.5 Å². The first-order valence-corrected chi connectivity index (χ1v) is 9.62. The molecule has 0 bridgehead atoms. The first kappa shape index (κ1) is 17.8. The van der Waals surface area contributed by atoms with Gasteiger partial charge in [-0.3, -0.25) is 4.79 Å². The lowest BCUT2D eigenvalue weighted by atomic mass is 9.89. The molecule has 1 aliphatic rings. The number of rotatable bonds is 5. The smallest absolute Gasteiger partial charge is 0.251 e. The van der Waals surface area contributed by atoms with Gasteiger partial charge in [-0.25, -0.2) is 0 Å². The molecule has 0 unspecified atom stereocenters. The summed E-state index contributed by atoms with van der Waals surface area (Å²) in [4.78, 5) is 12.3. The Morgan fingerprint density at radius 1 is 1.16 bits per heavy atom. The molecule has 2 N–H and O–H groups in total. The summed E-state index contributed by atoms with van der Waals surface area (Å²) in [5.74, 6) is 0.406. The van der Waals surface area contributed by atoms with E-state index in [1.807, 2.05) is 12.1 Å².